The van der Waals surface area contributed by atoms with Gasteiger partial charge in [-0.3, -0.25) is 9.78 Å². The molecule has 1 aliphatic rings. The van der Waals surface area contributed by atoms with Gasteiger partial charge in [-0.15, -0.1) is 0 Å². The van der Waals surface area contributed by atoms with Crippen LogP contribution >= 0.6 is 11.6 Å². The standard InChI is InChI=1S/C12H15ClN2O/c1-2-9-4-6-15(8-9)12(16)11-7-10(13)3-5-14-11/h3,5,7,9H,2,4,6,8H2,1H3. The highest BCUT2D eigenvalue weighted by Gasteiger charge is 2.26. The lowest BCUT2D eigenvalue weighted by atomic mass is 10.1. The van der Waals surface area contributed by atoms with E-state index in [4.69, 9.17) is 11.6 Å². The zero-order valence-corrected chi connectivity index (χ0v) is 10.1. The summed E-state index contributed by atoms with van der Waals surface area (Å²) in [5, 5.41) is 0.560. The molecule has 3 nitrogen and oxygen atoms in total. The lowest BCUT2D eigenvalue weighted by Gasteiger charge is -2.15. The highest BCUT2D eigenvalue weighted by atomic mass is 35.5. The third-order valence-corrected chi connectivity index (χ3v) is 3.33. The van der Waals surface area contributed by atoms with Crippen LogP contribution in [-0.4, -0.2) is 28.9 Å². The molecule has 1 aromatic rings. The van der Waals surface area contributed by atoms with E-state index in [1.807, 2.05) is 4.90 Å². The van der Waals surface area contributed by atoms with Gasteiger partial charge in [0.1, 0.15) is 5.69 Å². The van der Waals surface area contributed by atoms with Crippen molar-refractivity contribution < 1.29 is 4.79 Å². The summed E-state index contributed by atoms with van der Waals surface area (Å²) in [6, 6.07) is 3.31. The van der Waals surface area contributed by atoms with Crippen LogP contribution < -0.4 is 0 Å². The van der Waals surface area contributed by atoms with Crippen molar-refractivity contribution in [1.29, 1.82) is 0 Å². The molecule has 86 valence electrons. The molecule has 16 heavy (non-hydrogen) atoms. The monoisotopic (exact) mass is 238 g/mol. The van der Waals surface area contributed by atoms with E-state index in [9.17, 15) is 4.79 Å². The normalized spacial score (nSPS) is 20.1. The molecule has 1 saturated heterocycles. The number of nitrogens with zero attached hydrogens (tertiary/aromatic N) is 2. The quantitative estimate of drug-likeness (QED) is 0.794. The Hall–Kier alpha value is -1.09. The number of hydrogen-bond acceptors (Lipinski definition) is 2. The summed E-state index contributed by atoms with van der Waals surface area (Å²) in [6.07, 6.45) is 3.80. The first-order valence-corrected chi connectivity index (χ1v) is 5.99. The van der Waals surface area contributed by atoms with Crippen molar-refractivity contribution in [3.63, 3.8) is 0 Å². The topological polar surface area (TPSA) is 33.2 Å². The van der Waals surface area contributed by atoms with Crippen LogP contribution in [0.25, 0.3) is 0 Å². The molecule has 1 aliphatic heterocycles. The molecule has 0 spiro atoms. The Labute approximate surface area is 100 Å². The van der Waals surface area contributed by atoms with Gasteiger partial charge in [0, 0.05) is 24.3 Å². The molecular formula is C12H15ClN2O. The van der Waals surface area contributed by atoms with Crippen LogP contribution in [0.3, 0.4) is 0 Å². The van der Waals surface area contributed by atoms with Gasteiger partial charge in [0.05, 0.1) is 0 Å². The van der Waals surface area contributed by atoms with E-state index in [-0.39, 0.29) is 5.91 Å². The number of likely N-dealkylation sites (tertiary alicyclic amines) is 1. The maximum atomic E-state index is 12.1. The summed E-state index contributed by atoms with van der Waals surface area (Å²) in [7, 11) is 0. The molecule has 2 rings (SSSR count). The Kier molecular flexibility index (Phi) is 3.44. The van der Waals surface area contributed by atoms with Gasteiger partial charge < -0.3 is 4.90 Å². The fourth-order valence-corrected chi connectivity index (χ4v) is 2.19. The van der Waals surface area contributed by atoms with Gasteiger partial charge in [0.25, 0.3) is 5.91 Å². The van der Waals surface area contributed by atoms with E-state index in [2.05, 4.69) is 11.9 Å². The van der Waals surface area contributed by atoms with Gasteiger partial charge in [0.15, 0.2) is 0 Å². The van der Waals surface area contributed by atoms with E-state index < -0.39 is 0 Å². The first-order chi connectivity index (χ1) is 7.70. The van der Waals surface area contributed by atoms with Crippen molar-refractivity contribution in [3.05, 3.63) is 29.0 Å². The SMILES string of the molecule is CCC1CCN(C(=O)c2cc(Cl)ccn2)C1. The Morgan fingerprint density at radius 2 is 2.50 bits per heavy atom. The predicted octanol–water partition coefficient (Wildman–Crippen LogP) is 2.61. The minimum atomic E-state index is -0.00144. The third kappa shape index (κ3) is 2.35. The Morgan fingerprint density at radius 3 is 3.12 bits per heavy atom. The molecule has 0 radical (unpaired) electrons. The van der Waals surface area contributed by atoms with Gasteiger partial charge in [-0.1, -0.05) is 24.9 Å². The molecule has 4 heteroatoms. The average molecular weight is 239 g/mol. The second kappa shape index (κ2) is 4.83. The Balaban J connectivity index is 2.08. The number of rotatable bonds is 2. The molecule has 1 atom stereocenters. The highest BCUT2D eigenvalue weighted by Crippen LogP contribution is 2.21. The molecule has 2 heterocycles. The van der Waals surface area contributed by atoms with Gasteiger partial charge >= 0.3 is 0 Å². The van der Waals surface area contributed by atoms with Gasteiger partial charge in [-0.25, -0.2) is 0 Å². The van der Waals surface area contributed by atoms with Crippen molar-refractivity contribution >= 4 is 17.5 Å². The first-order valence-electron chi connectivity index (χ1n) is 5.61. The summed E-state index contributed by atoms with van der Waals surface area (Å²) in [4.78, 5) is 18.0. The summed E-state index contributed by atoms with van der Waals surface area (Å²) in [5.74, 6) is 0.640. The van der Waals surface area contributed by atoms with Crippen LogP contribution in [0.4, 0.5) is 0 Å². The van der Waals surface area contributed by atoms with E-state index in [0.717, 1.165) is 25.9 Å². The Morgan fingerprint density at radius 1 is 1.69 bits per heavy atom. The van der Waals surface area contributed by atoms with Gasteiger partial charge in [-0.05, 0) is 24.5 Å². The van der Waals surface area contributed by atoms with Crippen molar-refractivity contribution in [2.75, 3.05) is 13.1 Å². The number of carbonyl (C=O) groups is 1. The maximum Gasteiger partial charge on any atom is 0.272 e. The molecule has 1 fully saturated rings. The first kappa shape index (κ1) is 11.4. The number of hydrogen-bond donors (Lipinski definition) is 0. The van der Waals surface area contributed by atoms with Crippen molar-refractivity contribution in [1.82, 2.24) is 9.88 Å². The largest absolute Gasteiger partial charge is 0.337 e. The van der Waals surface area contributed by atoms with Crippen molar-refractivity contribution in [3.8, 4) is 0 Å². The number of carbonyl (C=O) groups excluding carboxylic acids is 1. The minimum absolute atomic E-state index is 0.00144. The fraction of sp³-hybridized carbons (Fsp3) is 0.500. The third-order valence-electron chi connectivity index (χ3n) is 3.09. The second-order valence-electron chi connectivity index (χ2n) is 4.17. The maximum absolute atomic E-state index is 12.1. The fourth-order valence-electron chi connectivity index (χ4n) is 2.03. The molecule has 0 bridgehead atoms. The molecule has 0 saturated carbocycles. The van der Waals surface area contributed by atoms with Gasteiger partial charge in [-0.2, -0.15) is 0 Å². The van der Waals surface area contributed by atoms with E-state index >= 15 is 0 Å². The molecule has 0 aromatic carbocycles. The molecule has 0 N–H and O–H groups in total. The molecule has 1 amide bonds. The summed E-state index contributed by atoms with van der Waals surface area (Å²) < 4.78 is 0. The van der Waals surface area contributed by atoms with Crippen LogP contribution in [0, 0.1) is 5.92 Å². The van der Waals surface area contributed by atoms with E-state index in [1.54, 1.807) is 18.3 Å². The molecular weight excluding hydrogens is 224 g/mol. The molecule has 1 aromatic heterocycles. The number of aromatic nitrogens is 1. The predicted molar refractivity (Wildman–Crippen MR) is 63.5 cm³/mol. The average Bonchev–Trinajstić information content (AvgIpc) is 2.76. The van der Waals surface area contributed by atoms with Crippen LogP contribution in [-0.2, 0) is 0 Å². The lowest BCUT2D eigenvalue weighted by molar-refractivity contribution is 0.0781. The Bertz CT molecular complexity index is 394. The van der Waals surface area contributed by atoms with Crippen LogP contribution in [0.1, 0.15) is 30.3 Å². The summed E-state index contributed by atoms with van der Waals surface area (Å²) >= 11 is 5.84. The number of pyridine rings is 1. The smallest absolute Gasteiger partial charge is 0.272 e. The number of halogens is 1. The highest BCUT2D eigenvalue weighted by molar-refractivity contribution is 6.30. The summed E-state index contributed by atoms with van der Waals surface area (Å²) in [5.41, 5.74) is 0.448. The lowest BCUT2D eigenvalue weighted by Crippen LogP contribution is -2.29. The summed E-state index contributed by atoms with van der Waals surface area (Å²) in [6.45, 7) is 3.85. The van der Waals surface area contributed by atoms with Crippen molar-refractivity contribution in [2.24, 2.45) is 5.92 Å². The van der Waals surface area contributed by atoms with Crippen LogP contribution in [0.5, 0.6) is 0 Å². The minimum Gasteiger partial charge on any atom is -0.337 e. The number of amides is 1. The van der Waals surface area contributed by atoms with E-state index in [0.29, 0.717) is 16.6 Å². The zero-order valence-electron chi connectivity index (χ0n) is 9.32. The van der Waals surface area contributed by atoms with Gasteiger partial charge in [0.2, 0.25) is 0 Å². The van der Waals surface area contributed by atoms with Crippen LogP contribution in [0.2, 0.25) is 5.02 Å². The second-order valence-corrected chi connectivity index (χ2v) is 4.61. The zero-order chi connectivity index (χ0) is 11.5. The molecule has 0 aliphatic carbocycles. The van der Waals surface area contributed by atoms with Crippen LogP contribution in [0.15, 0.2) is 18.3 Å². The van der Waals surface area contributed by atoms with Crippen molar-refractivity contribution in [2.45, 2.75) is 19.8 Å². The van der Waals surface area contributed by atoms with E-state index in [1.165, 1.54) is 0 Å². The molecule has 1 unspecified atom stereocenters.